The number of morpholine rings is 1. The zero-order valence-corrected chi connectivity index (χ0v) is 8.74. The van der Waals surface area contributed by atoms with Crippen molar-refractivity contribution in [3.05, 3.63) is 25.3 Å². The molecule has 1 unspecified atom stereocenters. The largest absolute Gasteiger partial charge is 0.378 e. The van der Waals surface area contributed by atoms with E-state index >= 15 is 0 Å². The van der Waals surface area contributed by atoms with Crippen LogP contribution in [0.3, 0.4) is 0 Å². The lowest BCUT2D eigenvalue weighted by atomic mass is 10.2. The molecule has 3 heteroatoms. The van der Waals surface area contributed by atoms with Crippen molar-refractivity contribution in [3.63, 3.8) is 0 Å². The van der Waals surface area contributed by atoms with Gasteiger partial charge in [0, 0.05) is 32.2 Å². The lowest BCUT2D eigenvalue weighted by Crippen LogP contribution is -2.48. The van der Waals surface area contributed by atoms with E-state index in [1.165, 1.54) is 0 Å². The second-order valence-corrected chi connectivity index (χ2v) is 3.52. The highest BCUT2D eigenvalue weighted by atomic mass is 16.5. The summed E-state index contributed by atoms with van der Waals surface area (Å²) < 4.78 is 5.40. The molecule has 0 bridgehead atoms. The lowest BCUT2D eigenvalue weighted by molar-refractivity contribution is 0.0649. The minimum absolute atomic E-state index is 0.448. The van der Waals surface area contributed by atoms with Gasteiger partial charge in [0.2, 0.25) is 0 Å². The second-order valence-electron chi connectivity index (χ2n) is 3.52. The monoisotopic (exact) mass is 196 g/mol. The summed E-state index contributed by atoms with van der Waals surface area (Å²) in [5, 5.41) is 3.43. The summed E-state index contributed by atoms with van der Waals surface area (Å²) in [7, 11) is 0. The summed E-state index contributed by atoms with van der Waals surface area (Å²) in [6.07, 6.45) is 3.85. The standard InChI is InChI=1S/C11H20N2O/c1-3-6-13(7-4-2)9-11-10-14-8-5-12-11/h3-4,11-12H,1-2,5-10H2. The van der Waals surface area contributed by atoms with E-state index in [0.29, 0.717) is 6.04 Å². The van der Waals surface area contributed by atoms with Crippen LogP contribution in [-0.2, 0) is 4.74 Å². The minimum Gasteiger partial charge on any atom is -0.378 e. The van der Waals surface area contributed by atoms with Gasteiger partial charge < -0.3 is 10.1 Å². The zero-order chi connectivity index (χ0) is 10.2. The van der Waals surface area contributed by atoms with Crippen LogP contribution in [0.15, 0.2) is 25.3 Å². The molecule has 0 radical (unpaired) electrons. The first-order valence-corrected chi connectivity index (χ1v) is 5.12. The van der Waals surface area contributed by atoms with Crippen LogP contribution in [0.1, 0.15) is 0 Å². The Morgan fingerprint density at radius 1 is 1.36 bits per heavy atom. The number of hydrogen-bond donors (Lipinski definition) is 1. The van der Waals surface area contributed by atoms with Crippen molar-refractivity contribution in [2.45, 2.75) is 6.04 Å². The summed E-state index contributed by atoms with van der Waals surface area (Å²) in [6, 6.07) is 0.448. The number of hydrogen-bond acceptors (Lipinski definition) is 3. The average molecular weight is 196 g/mol. The number of ether oxygens (including phenoxy) is 1. The van der Waals surface area contributed by atoms with Gasteiger partial charge in [0.25, 0.3) is 0 Å². The maximum atomic E-state index is 5.40. The van der Waals surface area contributed by atoms with Gasteiger partial charge >= 0.3 is 0 Å². The van der Waals surface area contributed by atoms with Gasteiger partial charge in [-0.2, -0.15) is 0 Å². The van der Waals surface area contributed by atoms with Gasteiger partial charge in [0.05, 0.1) is 13.2 Å². The lowest BCUT2D eigenvalue weighted by Gasteiger charge is -2.29. The van der Waals surface area contributed by atoms with Crippen LogP contribution >= 0.6 is 0 Å². The Bertz CT molecular complexity index is 166. The molecule has 14 heavy (non-hydrogen) atoms. The number of nitrogens with one attached hydrogen (secondary N) is 1. The molecule has 1 N–H and O–H groups in total. The molecule has 0 aromatic rings. The fourth-order valence-electron chi connectivity index (χ4n) is 1.64. The molecule has 0 aromatic heterocycles. The van der Waals surface area contributed by atoms with E-state index < -0.39 is 0 Å². The maximum Gasteiger partial charge on any atom is 0.0632 e. The molecule has 1 fully saturated rings. The predicted molar refractivity (Wildman–Crippen MR) is 59.4 cm³/mol. The van der Waals surface area contributed by atoms with Gasteiger partial charge in [-0.1, -0.05) is 12.2 Å². The van der Waals surface area contributed by atoms with Gasteiger partial charge in [-0.25, -0.2) is 0 Å². The van der Waals surface area contributed by atoms with Crippen LogP contribution in [0.25, 0.3) is 0 Å². The summed E-state index contributed by atoms with van der Waals surface area (Å²) >= 11 is 0. The van der Waals surface area contributed by atoms with Crippen molar-refractivity contribution in [2.75, 3.05) is 39.4 Å². The minimum atomic E-state index is 0.448. The normalized spacial score (nSPS) is 22.2. The molecule has 0 saturated carbocycles. The summed E-state index contributed by atoms with van der Waals surface area (Å²) in [4.78, 5) is 2.30. The van der Waals surface area contributed by atoms with E-state index in [9.17, 15) is 0 Å². The summed E-state index contributed by atoms with van der Waals surface area (Å²) in [6.45, 7) is 12.9. The highest BCUT2D eigenvalue weighted by molar-refractivity contribution is 4.83. The molecule has 1 aliphatic rings. The third kappa shape index (κ3) is 4.05. The SMILES string of the molecule is C=CCN(CC=C)CC1COCCN1. The van der Waals surface area contributed by atoms with Crippen molar-refractivity contribution in [1.82, 2.24) is 10.2 Å². The van der Waals surface area contributed by atoms with Crippen LogP contribution in [0.2, 0.25) is 0 Å². The number of rotatable bonds is 6. The topological polar surface area (TPSA) is 24.5 Å². The maximum absolute atomic E-state index is 5.40. The molecule has 3 nitrogen and oxygen atoms in total. The first-order valence-electron chi connectivity index (χ1n) is 5.12. The van der Waals surface area contributed by atoms with E-state index in [1.54, 1.807) is 0 Å². The van der Waals surface area contributed by atoms with Crippen molar-refractivity contribution in [3.8, 4) is 0 Å². The highest BCUT2D eigenvalue weighted by Gasteiger charge is 2.15. The summed E-state index contributed by atoms with van der Waals surface area (Å²) in [5.74, 6) is 0. The van der Waals surface area contributed by atoms with Gasteiger partial charge in [0.15, 0.2) is 0 Å². The Morgan fingerprint density at radius 3 is 2.57 bits per heavy atom. The Balaban J connectivity index is 2.28. The quantitative estimate of drug-likeness (QED) is 0.631. The van der Waals surface area contributed by atoms with Crippen LogP contribution in [-0.4, -0.2) is 50.3 Å². The fourth-order valence-corrected chi connectivity index (χ4v) is 1.64. The molecule has 80 valence electrons. The van der Waals surface area contributed by atoms with Crippen LogP contribution in [0, 0.1) is 0 Å². The van der Waals surface area contributed by atoms with E-state index in [-0.39, 0.29) is 0 Å². The van der Waals surface area contributed by atoms with Crippen molar-refractivity contribution < 1.29 is 4.74 Å². The van der Waals surface area contributed by atoms with Crippen LogP contribution in [0.5, 0.6) is 0 Å². The van der Waals surface area contributed by atoms with E-state index in [1.807, 2.05) is 12.2 Å². The first kappa shape index (κ1) is 11.4. The summed E-state index contributed by atoms with van der Waals surface area (Å²) in [5.41, 5.74) is 0. The molecule has 1 heterocycles. The number of nitrogens with zero attached hydrogens (tertiary/aromatic N) is 1. The molecule has 1 aliphatic heterocycles. The second kappa shape index (κ2) is 6.76. The van der Waals surface area contributed by atoms with E-state index in [2.05, 4.69) is 23.4 Å². The Kier molecular flexibility index (Phi) is 5.52. The molecular weight excluding hydrogens is 176 g/mol. The van der Waals surface area contributed by atoms with Crippen LogP contribution < -0.4 is 5.32 Å². The van der Waals surface area contributed by atoms with Crippen molar-refractivity contribution in [2.24, 2.45) is 0 Å². The highest BCUT2D eigenvalue weighted by Crippen LogP contribution is 1.98. The van der Waals surface area contributed by atoms with Crippen molar-refractivity contribution >= 4 is 0 Å². The predicted octanol–water partition coefficient (Wildman–Crippen LogP) is 0.649. The fraction of sp³-hybridized carbons (Fsp3) is 0.636. The van der Waals surface area contributed by atoms with Crippen molar-refractivity contribution in [1.29, 1.82) is 0 Å². The van der Waals surface area contributed by atoms with E-state index in [4.69, 9.17) is 4.74 Å². The first-order chi connectivity index (χ1) is 6.86. The van der Waals surface area contributed by atoms with Gasteiger partial charge in [-0.3, -0.25) is 4.90 Å². The zero-order valence-electron chi connectivity index (χ0n) is 8.74. The molecule has 0 amide bonds. The molecule has 1 saturated heterocycles. The Labute approximate surface area is 86.4 Å². The van der Waals surface area contributed by atoms with Gasteiger partial charge in [-0.15, -0.1) is 13.2 Å². The molecule has 0 spiro atoms. The Hall–Kier alpha value is -0.640. The molecular formula is C11H20N2O. The van der Waals surface area contributed by atoms with Gasteiger partial charge in [-0.05, 0) is 0 Å². The average Bonchev–Trinajstić information content (AvgIpc) is 2.20. The third-order valence-corrected chi connectivity index (χ3v) is 2.25. The van der Waals surface area contributed by atoms with E-state index in [0.717, 1.165) is 39.4 Å². The van der Waals surface area contributed by atoms with Gasteiger partial charge in [0.1, 0.15) is 0 Å². The molecule has 0 aromatic carbocycles. The molecule has 0 aliphatic carbocycles. The molecule has 1 rings (SSSR count). The van der Waals surface area contributed by atoms with Crippen LogP contribution in [0.4, 0.5) is 0 Å². The molecule has 1 atom stereocenters. The smallest absolute Gasteiger partial charge is 0.0632 e. The Morgan fingerprint density at radius 2 is 2.07 bits per heavy atom. The third-order valence-electron chi connectivity index (χ3n) is 2.25.